The fourth-order valence-electron chi connectivity index (χ4n) is 1.94. The second-order valence-corrected chi connectivity index (χ2v) is 4.38. The van der Waals surface area contributed by atoms with Crippen LogP contribution in [0, 0.1) is 0 Å². The first kappa shape index (κ1) is 21.2. The lowest BCUT2D eigenvalue weighted by atomic mass is 10.2. The van der Waals surface area contributed by atoms with Gasteiger partial charge in [0, 0.05) is 39.3 Å². The van der Waals surface area contributed by atoms with Crippen molar-refractivity contribution < 1.29 is 9.53 Å². The van der Waals surface area contributed by atoms with E-state index in [1.54, 1.807) is 0 Å². The van der Waals surface area contributed by atoms with Gasteiger partial charge in [0.05, 0.1) is 12.6 Å². The lowest BCUT2D eigenvalue weighted by Gasteiger charge is -2.35. The molecule has 0 aromatic rings. The van der Waals surface area contributed by atoms with Crippen LogP contribution in [0.4, 0.5) is 0 Å². The van der Waals surface area contributed by atoms with Crippen LogP contribution in [0.2, 0.25) is 0 Å². The highest BCUT2D eigenvalue weighted by molar-refractivity contribution is 5.85. The highest BCUT2D eigenvalue weighted by atomic mass is 35.5. The molecular formula is C12H27Cl2N3O2. The van der Waals surface area contributed by atoms with Gasteiger partial charge in [0.25, 0.3) is 0 Å². The minimum absolute atomic E-state index is 0. The molecule has 1 aliphatic heterocycles. The number of nitrogens with two attached hydrogens (primary N) is 1. The van der Waals surface area contributed by atoms with Gasteiger partial charge in [-0.2, -0.15) is 0 Å². The Hall–Kier alpha value is -0.0700. The number of hydrogen-bond donors (Lipinski definition) is 1. The summed E-state index contributed by atoms with van der Waals surface area (Å²) in [6.07, 6.45) is 0.712. The molecule has 0 aliphatic carbocycles. The second-order valence-electron chi connectivity index (χ2n) is 4.38. The summed E-state index contributed by atoms with van der Waals surface area (Å²) in [5.41, 5.74) is 5.76. The van der Waals surface area contributed by atoms with Gasteiger partial charge in [0.1, 0.15) is 0 Å². The first-order valence-electron chi connectivity index (χ1n) is 6.53. The van der Waals surface area contributed by atoms with Crippen molar-refractivity contribution in [3.63, 3.8) is 0 Å². The van der Waals surface area contributed by atoms with Crippen molar-refractivity contribution in [2.24, 2.45) is 5.73 Å². The van der Waals surface area contributed by atoms with Crippen molar-refractivity contribution in [1.29, 1.82) is 0 Å². The first-order valence-corrected chi connectivity index (χ1v) is 6.53. The van der Waals surface area contributed by atoms with Gasteiger partial charge in [-0.1, -0.05) is 6.92 Å². The quantitative estimate of drug-likeness (QED) is 0.735. The normalized spacial score (nSPS) is 17.3. The molecule has 1 rings (SSSR count). The maximum absolute atomic E-state index is 11.9. The third-order valence-electron chi connectivity index (χ3n) is 3.20. The molecule has 1 fully saturated rings. The number of hydrogen-bond acceptors (Lipinski definition) is 4. The Kier molecular flexibility index (Phi) is 13.1. The molecule has 116 valence electrons. The van der Waals surface area contributed by atoms with Crippen molar-refractivity contribution in [2.75, 3.05) is 45.9 Å². The Morgan fingerprint density at radius 3 is 2.26 bits per heavy atom. The van der Waals surface area contributed by atoms with E-state index in [0.717, 1.165) is 45.9 Å². The van der Waals surface area contributed by atoms with Gasteiger partial charge in [-0.3, -0.25) is 9.69 Å². The molecule has 0 aromatic heterocycles. The molecule has 0 spiro atoms. The number of piperazine rings is 1. The predicted molar refractivity (Wildman–Crippen MR) is 82.3 cm³/mol. The Balaban J connectivity index is 0. The number of ether oxygens (including phenoxy) is 1. The number of rotatable bonds is 6. The standard InChI is InChI=1S/C12H25N3O2.2ClH/c1-3-11(13)12(16)15-7-5-14(6-8-15)9-10-17-4-2;;/h11H,3-10,13H2,1-2H3;2*1H/t11-;;/m0../s1. The van der Waals surface area contributed by atoms with Crippen LogP contribution in [0.15, 0.2) is 0 Å². The summed E-state index contributed by atoms with van der Waals surface area (Å²) in [4.78, 5) is 16.1. The van der Waals surface area contributed by atoms with E-state index in [0.29, 0.717) is 6.42 Å². The lowest BCUT2D eigenvalue weighted by Crippen LogP contribution is -2.53. The Labute approximate surface area is 128 Å². The summed E-state index contributed by atoms with van der Waals surface area (Å²) in [5.74, 6) is 0.0944. The highest BCUT2D eigenvalue weighted by Crippen LogP contribution is 2.04. The van der Waals surface area contributed by atoms with Gasteiger partial charge in [0.2, 0.25) is 5.91 Å². The molecule has 1 aliphatic rings. The van der Waals surface area contributed by atoms with Gasteiger partial charge in [-0.15, -0.1) is 24.8 Å². The van der Waals surface area contributed by atoms with Gasteiger partial charge in [-0.05, 0) is 13.3 Å². The van der Waals surface area contributed by atoms with Crippen LogP contribution in [0.1, 0.15) is 20.3 Å². The van der Waals surface area contributed by atoms with Crippen molar-refractivity contribution in [2.45, 2.75) is 26.3 Å². The summed E-state index contributed by atoms with van der Waals surface area (Å²) in [5, 5.41) is 0. The summed E-state index contributed by atoms with van der Waals surface area (Å²) >= 11 is 0. The third kappa shape index (κ3) is 7.32. The molecule has 0 saturated carbocycles. The van der Waals surface area contributed by atoms with Crippen LogP contribution in [-0.4, -0.2) is 67.7 Å². The maximum Gasteiger partial charge on any atom is 0.239 e. The van der Waals surface area contributed by atoms with Crippen LogP contribution in [0.3, 0.4) is 0 Å². The van der Waals surface area contributed by atoms with E-state index >= 15 is 0 Å². The molecule has 1 atom stereocenters. The number of carbonyl (C=O) groups is 1. The van der Waals surface area contributed by atoms with Crippen molar-refractivity contribution in [3.8, 4) is 0 Å². The maximum atomic E-state index is 11.9. The van der Waals surface area contributed by atoms with E-state index < -0.39 is 0 Å². The Bertz CT molecular complexity index is 237. The fourth-order valence-corrected chi connectivity index (χ4v) is 1.94. The van der Waals surface area contributed by atoms with E-state index in [4.69, 9.17) is 10.5 Å². The average Bonchev–Trinajstić information content (AvgIpc) is 2.38. The molecular weight excluding hydrogens is 289 g/mol. The summed E-state index contributed by atoms with van der Waals surface area (Å²) in [6.45, 7) is 9.88. The summed E-state index contributed by atoms with van der Waals surface area (Å²) in [6, 6.07) is -0.329. The number of nitrogens with zero attached hydrogens (tertiary/aromatic N) is 2. The van der Waals surface area contributed by atoms with Crippen LogP contribution < -0.4 is 5.73 Å². The number of amides is 1. The van der Waals surface area contributed by atoms with Crippen LogP contribution in [0.5, 0.6) is 0 Å². The topological polar surface area (TPSA) is 58.8 Å². The Morgan fingerprint density at radius 2 is 1.79 bits per heavy atom. The molecule has 0 aromatic carbocycles. The van der Waals surface area contributed by atoms with Gasteiger partial charge >= 0.3 is 0 Å². The lowest BCUT2D eigenvalue weighted by molar-refractivity contribution is -0.134. The smallest absolute Gasteiger partial charge is 0.239 e. The molecule has 0 bridgehead atoms. The molecule has 19 heavy (non-hydrogen) atoms. The van der Waals surface area contributed by atoms with E-state index in [1.165, 1.54) is 0 Å². The molecule has 1 heterocycles. The van der Waals surface area contributed by atoms with Crippen molar-refractivity contribution in [1.82, 2.24) is 9.80 Å². The zero-order valence-electron chi connectivity index (χ0n) is 11.8. The molecule has 2 N–H and O–H groups in total. The largest absolute Gasteiger partial charge is 0.380 e. The van der Waals surface area contributed by atoms with E-state index in [2.05, 4.69) is 4.90 Å². The third-order valence-corrected chi connectivity index (χ3v) is 3.20. The minimum atomic E-state index is -0.329. The van der Waals surface area contributed by atoms with Crippen LogP contribution in [-0.2, 0) is 9.53 Å². The molecule has 7 heteroatoms. The molecule has 1 amide bonds. The van der Waals surface area contributed by atoms with Crippen molar-refractivity contribution >= 4 is 30.7 Å². The van der Waals surface area contributed by atoms with Crippen LogP contribution in [0.25, 0.3) is 0 Å². The molecule has 0 radical (unpaired) electrons. The van der Waals surface area contributed by atoms with Gasteiger partial charge in [0.15, 0.2) is 0 Å². The SMILES string of the molecule is CCOCCN1CCN(C(=O)[C@@H](N)CC)CC1.Cl.Cl. The fraction of sp³-hybridized carbons (Fsp3) is 0.917. The monoisotopic (exact) mass is 315 g/mol. The number of carbonyl (C=O) groups excluding carboxylic acids is 1. The molecule has 0 unspecified atom stereocenters. The summed E-state index contributed by atoms with van der Waals surface area (Å²) < 4.78 is 5.32. The van der Waals surface area contributed by atoms with E-state index in [9.17, 15) is 4.79 Å². The average molecular weight is 316 g/mol. The minimum Gasteiger partial charge on any atom is -0.380 e. The zero-order valence-corrected chi connectivity index (χ0v) is 13.5. The second kappa shape index (κ2) is 11.7. The zero-order chi connectivity index (χ0) is 12.7. The molecule has 5 nitrogen and oxygen atoms in total. The predicted octanol–water partition coefficient (Wildman–Crippen LogP) is 0.748. The highest BCUT2D eigenvalue weighted by Gasteiger charge is 2.23. The van der Waals surface area contributed by atoms with Crippen LogP contribution >= 0.6 is 24.8 Å². The summed E-state index contributed by atoms with van der Waals surface area (Å²) in [7, 11) is 0. The van der Waals surface area contributed by atoms with E-state index in [1.807, 2.05) is 18.7 Å². The Morgan fingerprint density at radius 1 is 1.21 bits per heavy atom. The number of halogens is 2. The van der Waals surface area contributed by atoms with Crippen molar-refractivity contribution in [3.05, 3.63) is 0 Å². The van der Waals surface area contributed by atoms with Gasteiger partial charge in [-0.25, -0.2) is 0 Å². The molecule has 1 saturated heterocycles. The first-order chi connectivity index (χ1) is 8.19. The van der Waals surface area contributed by atoms with E-state index in [-0.39, 0.29) is 36.8 Å². The van der Waals surface area contributed by atoms with Gasteiger partial charge < -0.3 is 15.4 Å².